The number of hydrogen-bond acceptors (Lipinski definition) is 7. The maximum Gasteiger partial charge on any atom is 0.246 e. The molecule has 0 spiro atoms. The molecule has 0 unspecified atom stereocenters. The number of aromatic amines is 1. The molecule has 0 bridgehead atoms. The number of nitrogens with one attached hydrogen (secondary N) is 3. The first-order valence-electron chi connectivity index (χ1n) is 9.95. The normalized spacial score (nSPS) is 15.8. The highest BCUT2D eigenvalue weighted by molar-refractivity contribution is 7.89. The number of amides is 1. The number of piperidine rings is 1. The zero-order chi connectivity index (χ0) is 21.7. The van der Waals surface area contributed by atoms with Crippen molar-refractivity contribution < 1.29 is 17.9 Å². The lowest BCUT2D eigenvalue weighted by molar-refractivity contribution is -0.118. The van der Waals surface area contributed by atoms with Gasteiger partial charge in [-0.3, -0.25) is 10.1 Å². The molecule has 1 aromatic carbocycles. The summed E-state index contributed by atoms with van der Waals surface area (Å²) in [6.45, 7) is 5.28. The van der Waals surface area contributed by atoms with Gasteiger partial charge in [-0.2, -0.15) is 9.71 Å². The number of nitrogens with zero attached hydrogens (tertiary/aromatic N) is 3. The Labute approximate surface area is 176 Å². The third kappa shape index (κ3) is 5.28. The van der Waals surface area contributed by atoms with E-state index in [0.29, 0.717) is 11.7 Å². The molecular formula is C19H28N6O4S. The highest BCUT2D eigenvalue weighted by Gasteiger charge is 2.29. The molecule has 11 heteroatoms. The van der Waals surface area contributed by atoms with Gasteiger partial charge < -0.3 is 9.64 Å². The smallest absolute Gasteiger partial charge is 0.246 e. The number of anilines is 2. The fraction of sp³-hybridized carbons (Fsp3) is 0.526. The molecule has 3 rings (SSSR count). The summed E-state index contributed by atoms with van der Waals surface area (Å²) in [4.78, 5) is 19.2. The molecule has 3 N–H and O–H groups in total. The molecule has 0 aliphatic carbocycles. The summed E-state index contributed by atoms with van der Waals surface area (Å²) in [5, 5.41) is 9.50. The Hall–Kier alpha value is -2.66. The first kappa shape index (κ1) is 22.0. The standard InChI is InChI=1S/C19H28N6O4S/c1-13(2)16(24-30(27,28)15-9-7-14(29-3)8-10-15)17(26)20-18-21-19(23-22-18)25-11-5-4-6-12-25/h7-10,13,16,24H,4-6,11-12H2,1-3H3,(H2,20,21,22,23,26)/t16-/m0/s1. The van der Waals surface area contributed by atoms with Crippen LogP contribution >= 0.6 is 0 Å². The molecule has 164 valence electrons. The summed E-state index contributed by atoms with van der Waals surface area (Å²) in [6, 6.07) is 4.97. The Kier molecular flexibility index (Phi) is 6.93. The minimum Gasteiger partial charge on any atom is -0.497 e. The van der Waals surface area contributed by atoms with Crippen LogP contribution in [0.15, 0.2) is 29.2 Å². The van der Waals surface area contributed by atoms with Crippen molar-refractivity contribution in [3.63, 3.8) is 0 Å². The molecule has 2 heterocycles. The highest BCUT2D eigenvalue weighted by atomic mass is 32.2. The van der Waals surface area contributed by atoms with Crippen molar-refractivity contribution in [1.29, 1.82) is 0 Å². The lowest BCUT2D eigenvalue weighted by Gasteiger charge is -2.24. The molecular weight excluding hydrogens is 408 g/mol. The van der Waals surface area contributed by atoms with Crippen molar-refractivity contribution >= 4 is 27.8 Å². The van der Waals surface area contributed by atoms with Gasteiger partial charge in [0.05, 0.1) is 12.0 Å². The van der Waals surface area contributed by atoms with Gasteiger partial charge in [0.2, 0.25) is 27.8 Å². The molecule has 1 aliphatic heterocycles. The average Bonchev–Trinajstić information content (AvgIpc) is 3.21. The molecule has 1 amide bonds. The molecule has 1 aliphatic rings. The van der Waals surface area contributed by atoms with Crippen LogP contribution in [0.25, 0.3) is 0 Å². The van der Waals surface area contributed by atoms with E-state index in [1.54, 1.807) is 26.0 Å². The van der Waals surface area contributed by atoms with Crippen molar-refractivity contribution in [3.05, 3.63) is 24.3 Å². The number of sulfonamides is 1. The molecule has 1 fully saturated rings. The summed E-state index contributed by atoms with van der Waals surface area (Å²) < 4.78 is 33.0. The number of methoxy groups -OCH3 is 1. The van der Waals surface area contributed by atoms with Crippen LogP contribution in [-0.4, -0.2) is 55.7 Å². The molecule has 10 nitrogen and oxygen atoms in total. The predicted molar refractivity (Wildman–Crippen MR) is 113 cm³/mol. The van der Waals surface area contributed by atoms with E-state index in [1.807, 2.05) is 0 Å². The van der Waals surface area contributed by atoms with E-state index >= 15 is 0 Å². The van der Waals surface area contributed by atoms with Crippen LogP contribution in [0.5, 0.6) is 5.75 Å². The van der Waals surface area contributed by atoms with Crippen LogP contribution in [0.4, 0.5) is 11.9 Å². The number of aromatic nitrogens is 3. The van der Waals surface area contributed by atoms with Crippen LogP contribution < -0.4 is 19.7 Å². The third-order valence-corrected chi connectivity index (χ3v) is 6.41. The minimum absolute atomic E-state index is 0.0498. The Morgan fingerprint density at radius 2 is 1.83 bits per heavy atom. The van der Waals surface area contributed by atoms with Crippen molar-refractivity contribution in [3.8, 4) is 5.75 Å². The lowest BCUT2D eigenvalue weighted by Crippen LogP contribution is -2.47. The molecule has 1 atom stereocenters. The van der Waals surface area contributed by atoms with Crippen LogP contribution in [0.1, 0.15) is 33.1 Å². The number of benzene rings is 1. The number of ether oxygens (including phenoxy) is 1. The maximum atomic E-state index is 12.8. The molecule has 0 radical (unpaired) electrons. The largest absolute Gasteiger partial charge is 0.497 e. The summed E-state index contributed by atoms with van der Waals surface area (Å²) in [5.74, 6) is 0.465. The second kappa shape index (κ2) is 9.43. The average molecular weight is 437 g/mol. The first-order chi connectivity index (χ1) is 14.3. The van der Waals surface area contributed by atoms with Crippen molar-refractivity contribution in [2.75, 3.05) is 30.4 Å². The van der Waals surface area contributed by atoms with E-state index in [-0.39, 0.29) is 16.8 Å². The Balaban J connectivity index is 1.69. The van der Waals surface area contributed by atoms with Crippen LogP contribution in [0.2, 0.25) is 0 Å². The summed E-state index contributed by atoms with van der Waals surface area (Å²) in [7, 11) is -2.40. The number of carbonyl (C=O) groups is 1. The van der Waals surface area contributed by atoms with E-state index in [4.69, 9.17) is 4.74 Å². The zero-order valence-corrected chi connectivity index (χ0v) is 18.2. The van der Waals surface area contributed by atoms with Crippen molar-refractivity contribution in [1.82, 2.24) is 19.9 Å². The summed E-state index contributed by atoms with van der Waals surface area (Å²) in [5.41, 5.74) is 0. The van der Waals surface area contributed by atoms with E-state index in [0.717, 1.165) is 25.9 Å². The van der Waals surface area contributed by atoms with Gasteiger partial charge >= 0.3 is 0 Å². The number of rotatable bonds is 8. The third-order valence-electron chi connectivity index (χ3n) is 4.96. The van der Waals surface area contributed by atoms with Gasteiger partial charge in [0.15, 0.2) is 0 Å². The Bertz CT molecular complexity index is 952. The quantitative estimate of drug-likeness (QED) is 0.575. The minimum atomic E-state index is -3.90. The van der Waals surface area contributed by atoms with E-state index in [2.05, 4.69) is 30.1 Å². The topological polar surface area (TPSA) is 129 Å². The second-order valence-electron chi connectivity index (χ2n) is 7.54. The predicted octanol–water partition coefficient (Wildman–Crippen LogP) is 1.75. The molecule has 2 aromatic rings. The lowest BCUT2D eigenvalue weighted by atomic mass is 10.1. The maximum absolute atomic E-state index is 12.8. The van der Waals surface area contributed by atoms with Crippen LogP contribution in [0, 0.1) is 5.92 Å². The van der Waals surface area contributed by atoms with Crippen LogP contribution in [-0.2, 0) is 14.8 Å². The molecule has 0 saturated carbocycles. The van der Waals surface area contributed by atoms with Crippen LogP contribution in [0.3, 0.4) is 0 Å². The van der Waals surface area contributed by atoms with Crippen molar-refractivity contribution in [2.45, 2.75) is 44.0 Å². The fourth-order valence-electron chi connectivity index (χ4n) is 3.22. The Morgan fingerprint density at radius 1 is 1.17 bits per heavy atom. The van der Waals surface area contributed by atoms with E-state index in [1.165, 1.54) is 25.7 Å². The van der Waals surface area contributed by atoms with Gasteiger partial charge in [-0.15, -0.1) is 5.10 Å². The zero-order valence-electron chi connectivity index (χ0n) is 17.4. The van der Waals surface area contributed by atoms with Gasteiger partial charge in [0.1, 0.15) is 11.8 Å². The summed E-state index contributed by atoms with van der Waals surface area (Å²) >= 11 is 0. The molecule has 30 heavy (non-hydrogen) atoms. The SMILES string of the molecule is COc1ccc(S(=O)(=O)N[C@H](C(=O)Nc2nc(N3CCCCC3)n[nH]2)C(C)C)cc1. The monoisotopic (exact) mass is 436 g/mol. The van der Waals surface area contributed by atoms with Gasteiger partial charge in [0, 0.05) is 13.1 Å². The van der Waals surface area contributed by atoms with Gasteiger partial charge in [0.25, 0.3) is 0 Å². The van der Waals surface area contributed by atoms with E-state index < -0.39 is 22.0 Å². The fourth-order valence-corrected chi connectivity index (χ4v) is 4.57. The van der Waals surface area contributed by atoms with E-state index in [9.17, 15) is 13.2 Å². The Morgan fingerprint density at radius 3 is 2.43 bits per heavy atom. The number of H-pyrrole nitrogens is 1. The van der Waals surface area contributed by atoms with Crippen molar-refractivity contribution in [2.24, 2.45) is 5.92 Å². The number of hydrogen-bond donors (Lipinski definition) is 3. The van der Waals surface area contributed by atoms with Gasteiger partial charge in [-0.25, -0.2) is 13.5 Å². The number of carbonyl (C=O) groups excluding carboxylic acids is 1. The molecule has 1 aromatic heterocycles. The van der Waals surface area contributed by atoms with Gasteiger partial charge in [-0.05, 0) is 49.4 Å². The first-order valence-corrected chi connectivity index (χ1v) is 11.4. The molecule has 1 saturated heterocycles. The van der Waals surface area contributed by atoms with Gasteiger partial charge in [-0.1, -0.05) is 13.8 Å². The highest BCUT2D eigenvalue weighted by Crippen LogP contribution is 2.19. The second-order valence-corrected chi connectivity index (χ2v) is 9.25. The summed E-state index contributed by atoms with van der Waals surface area (Å²) in [6.07, 6.45) is 3.35.